The first-order valence-corrected chi connectivity index (χ1v) is 6.97. The molecule has 0 radical (unpaired) electrons. The van der Waals surface area contributed by atoms with Crippen LogP contribution in [0.1, 0.15) is 0 Å². The van der Waals surface area contributed by atoms with Gasteiger partial charge >= 0.3 is 12.3 Å². The lowest BCUT2D eigenvalue weighted by molar-refractivity contribution is -0.0493. The smallest absolute Gasteiger partial charge is 0.387 e. The summed E-state index contributed by atoms with van der Waals surface area (Å²) in [7, 11) is 0. The minimum atomic E-state index is -2.89. The average Bonchev–Trinajstić information content (AvgIpc) is 2.85. The summed E-state index contributed by atoms with van der Waals surface area (Å²) in [6.45, 7) is -2.25. The number of halogens is 2. The van der Waals surface area contributed by atoms with Crippen molar-refractivity contribution in [2.75, 3.05) is 11.9 Å². The van der Waals surface area contributed by atoms with Crippen LogP contribution < -0.4 is 15.7 Å². The Labute approximate surface area is 129 Å². The number of anilines is 1. The Hall–Kier alpha value is -2.90. The molecule has 0 unspecified atom stereocenters. The Kier molecular flexibility index (Phi) is 4.22. The van der Waals surface area contributed by atoms with Crippen LogP contribution in [0.15, 0.2) is 53.5 Å². The van der Waals surface area contributed by atoms with E-state index in [0.29, 0.717) is 24.4 Å². The molecule has 0 aliphatic heterocycles. The van der Waals surface area contributed by atoms with E-state index in [1.807, 2.05) is 0 Å². The van der Waals surface area contributed by atoms with Gasteiger partial charge in [-0.2, -0.15) is 8.78 Å². The molecule has 0 saturated carbocycles. The normalized spacial score (nSPS) is 11.1. The Bertz CT molecular complexity index is 860. The van der Waals surface area contributed by atoms with Crippen LogP contribution in [0, 0.1) is 0 Å². The number of aromatic nitrogens is 3. The second kappa shape index (κ2) is 6.47. The summed E-state index contributed by atoms with van der Waals surface area (Å²) in [4.78, 5) is 12.1. The van der Waals surface area contributed by atoms with Crippen LogP contribution >= 0.6 is 0 Å². The molecule has 8 heteroatoms. The topological polar surface area (TPSA) is 60.6 Å². The number of nitrogens with one attached hydrogen (secondary N) is 1. The van der Waals surface area contributed by atoms with Crippen LogP contribution in [-0.2, 0) is 6.54 Å². The molecule has 3 rings (SSSR count). The van der Waals surface area contributed by atoms with E-state index in [4.69, 9.17) is 0 Å². The van der Waals surface area contributed by atoms with E-state index in [1.54, 1.807) is 42.6 Å². The van der Waals surface area contributed by atoms with Gasteiger partial charge in [0.2, 0.25) is 0 Å². The van der Waals surface area contributed by atoms with Gasteiger partial charge in [0, 0.05) is 12.7 Å². The number of hydrogen-bond donors (Lipinski definition) is 1. The highest BCUT2D eigenvalue weighted by atomic mass is 19.3. The monoisotopic (exact) mass is 320 g/mol. The number of ether oxygens (including phenoxy) is 1. The van der Waals surface area contributed by atoms with Gasteiger partial charge in [-0.15, -0.1) is 5.10 Å². The van der Waals surface area contributed by atoms with Gasteiger partial charge in [-0.1, -0.05) is 18.2 Å². The fourth-order valence-corrected chi connectivity index (χ4v) is 2.22. The highest BCUT2D eigenvalue weighted by Crippen LogP contribution is 2.25. The number of benzene rings is 1. The van der Waals surface area contributed by atoms with Crippen LogP contribution in [0.4, 0.5) is 14.5 Å². The van der Waals surface area contributed by atoms with Crippen molar-refractivity contribution in [1.29, 1.82) is 0 Å². The van der Waals surface area contributed by atoms with Gasteiger partial charge in [0.1, 0.15) is 5.75 Å². The minimum absolute atomic E-state index is 0.0600. The van der Waals surface area contributed by atoms with Gasteiger partial charge in [0.15, 0.2) is 5.65 Å². The lowest BCUT2D eigenvalue weighted by Crippen LogP contribution is -2.24. The zero-order chi connectivity index (χ0) is 16.2. The number of rotatable bonds is 6. The van der Waals surface area contributed by atoms with Crippen molar-refractivity contribution in [2.45, 2.75) is 13.2 Å². The van der Waals surface area contributed by atoms with E-state index in [0.717, 1.165) is 0 Å². The van der Waals surface area contributed by atoms with E-state index >= 15 is 0 Å². The molecule has 0 saturated heterocycles. The van der Waals surface area contributed by atoms with Crippen molar-refractivity contribution in [1.82, 2.24) is 14.2 Å². The summed E-state index contributed by atoms with van der Waals surface area (Å²) >= 11 is 0. The highest BCUT2D eigenvalue weighted by molar-refractivity contribution is 5.56. The molecule has 6 nitrogen and oxygen atoms in total. The van der Waals surface area contributed by atoms with Crippen LogP contribution in [-0.4, -0.2) is 27.3 Å². The second-order valence-corrected chi connectivity index (χ2v) is 4.74. The van der Waals surface area contributed by atoms with E-state index < -0.39 is 6.61 Å². The predicted molar refractivity (Wildman–Crippen MR) is 81.0 cm³/mol. The maximum atomic E-state index is 12.4. The molecule has 2 aromatic heterocycles. The van der Waals surface area contributed by atoms with Gasteiger partial charge in [-0.25, -0.2) is 9.48 Å². The first-order chi connectivity index (χ1) is 11.1. The molecule has 23 heavy (non-hydrogen) atoms. The quantitative estimate of drug-likeness (QED) is 0.756. The maximum Gasteiger partial charge on any atom is 0.387 e. The van der Waals surface area contributed by atoms with Crippen molar-refractivity contribution in [2.24, 2.45) is 0 Å². The molecule has 3 aromatic rings. The standard InChI is InChI=1S/C15H14F2N4O2/c16-14(17)23-12-6-2-1-5-11(12)18-8-10-21-15(22)20-9-4-3-7-13(20)19-21/h1-7,9,14,18H,8,10H2. The minimum Gasteiger partial charge on any atom is -0.433 e. The predicted octanol–water partition coefficient (Wildman–Crippen LogP) is 2.21. The molecule has 0 bridgehead atoms. The van der Waals surface area contributed by atoms with Crippen LogP contribution in [0.2, 0.25) is 0 Å². The number of nitrogens with zero attached hydrogens (tertiary/aromatic N) is 3. The van der Waals surface area contributed by atoms with Crippen molar-refractivity contribution in [3.05, 3.63) is 59.1 Å². The summed E-state index contributed by atoms with van der Waals surface area (Å²) in [5.41, 5.74) is 0.739. The molecular formula is C15H14F2N4O2. The molecule has 1 N–H and O–H groups in total. The molecule has 120 valence electrons. The first-order valence-electron chi connectivity index (χ1n) is 6.97. The Morgan fingerprint density at radius 3 is 2.74 bits per heavy atom. The van der Waals surface area contributed by atoms with E-state index in [2.05, 4.69) is 15.2 Å². The summed E-state index contributed by atoms with van der Waals surface area (Å²) in [6.07, 6.45) is 1.64. The van der Waals surface area contributed by atoms with Crippen molar-refractivity contribution < 1.29 is 13.5 Å². The number of para-hydroxylation sites is 2. The summed E-state index contributed by atoms with van der Waals surface area (Å²) in [5.74, 6) is 0.0600. The summed E-state index contributed by atoms with van der Waals surface area (Å²) < 4.78 is 31.9. The third kappa shape index (κ3) is 3.31. The molecule has 0 aliphatic carbocycles. The highest BCUT2D eigenvalue weighted by Gasteiger charge is 2.09. The fraction of sp³-hybridized carbons (Fsp3) is 0.200. The molecule has 0 aliphatic rings. The molecule has 0 fully saturated rings. The average molecular weight is 320 g/mol. The van der Waals surface area contributed by atoms with Gasteiger partial charge in [-0.05, 0) is 24.3 Å². The number of hydrogen-bond acceptors (Lipinski definition) is 4. The Balaban J connectivity index is 1.70. The largest absolute Gasteiger partial charge is 0.433 e. The lowest BCUT2D eigenvalue weighted by Gasteiger charge is -2.12. The molecule has 0 amide bonds. The van der Waals surface area contributed by atoms with Gasteiger partial charge in [-0.3, -0.25) is 4.40 Å². The first kappa shape index (κ1) is 15.0. The van der Waals surface area contributed by atoms with Gasteiger partial charge in [0.25, 0.3) is 0 Å². The number of alkyl halides is 2. The van der Waals surface area contributed by atoms with Crippen molar-refractivity contribution in [3.63, 3.8) is 0 Å². The van der Waals surface area contributed by atoms with Gasteiger partial charge in [0.05, 0.1) is 12.2 Å². The summed E-state index contributed by atoms with van der Waals surface area (Å²) in [6, 6.07) is 11.7. The molecular weight excluding hydrogens is 306 g/mol. The van der Waals surface area contributed by atoms with Crippen molar-refractivity contribution in [3.8, 4) is 5.75 Å². The fourth-order valence-electron chi connectivity index (χ4n) is 2.22. The lowest BCUT2D eigenvalue weighted by atomic mass is 10.3. The van der Waals surface area contributed by atoms with Crippen LogP contribution in [0.5, 0.6) is 5.75 Å². The second-order valence-electron chi connectivity index (χ2n) is 4.74. The molecule has 0 atom stereocenters. The van der Waals surface area contributed by atoms with Gasteiger partial charge < -0.3 is 10.1 Å². The Morgan fingerprint density at radius 1 is 1.17 bits per heavy atom. The van der Waals surface area contributed by atoms with Crippen LogP contribution in [0.3, 0.4) is 0 Å². The molecule has 2 heterocycles. The third-order valence-corrected chi connectivity index (χ3v) is 3.23. The van der Waals surface area contributed by atoms with E-state index in [1.165, 1.54) is 15.1 Å². The van der Waals surface area contributed by atoms with Crippen molar-refractivity contribution >= 4 is 11.3 Å². The number of fused-ring (bicyclic) bond motifs is 1. The van der Waals surface area contributed by atoms with Crippen LogP contribution in [0.25, 0.3) is 5.65 Å². The van der Waals surface area contributed by atoms with E-state index in [9.17, 15) is 13.6 Å². The summed E-state index contributed by atoms with van der Waals surface area (Å²) in [5, 5.41) is 7.16. The van der Waals surface area contributed by atoms with E-state index in [-0.39, 0.29) is 11.4 Å². The third-order valence-electron chi connectivity index (χ3n) is 3.23. The maximum absolute atomic E-state index is 12.4. The Morgan fingerprint density at radius 2 is 1.96 bits per heavy atom. The number of pyridine rings is 1. The molecule has 0 spiro atoms. The zero-order valence-corrected chi connectivity index (χ0v) is 12.0. The SMILES string of the molecule is O=c1n(CCNc2ccccc2OC(F)F)nc2ccccn12. The molecule has 1 aromatic carbocycles. The zero-order valence-electron chi connectivity index (χ0n) is 12.0.